The van der Waals surface area contributed by atoms with E-state index >= 15 is 0 Å². The van der Waals surface area contributed by atoms with Crippen molar-refractivity contribution in [1.29, 1.82) is 5.26 Å². The number of aromatic nitrogens is 2. The molecule has 280 valence electrons. The van der Waals surface area contributed by atoms with Crippen LogP contribution in [0.5, 0.6) is 0 Å². The average Bonchev–Trinajstić information content (AvgIpc) is 3.27. The molecule has 57 heavy (non-hydrogen) atoms. The topological polar surface area (TPSA) is 64.8 Å². The summed E-state index contributed by atoms with van der Waals surface area (Å²) in [6.45, 7) is 0.750. The van der Waals surface area contributed by atoms with Crippen molar-refractivity contribution in [3.05, 3.63) is 199 Å². The number of pyridine rings is 2. The molecule has 0 radical (unpaired) electrons. The Morgan fingerprint density at radius 3 is 1.65 bits per heavy atom. The van der Waals surface area contributed by atoms with Gasteiger partial charge in [-0.1, -0.05) is 178 Å². The molecule has 0 unspecified atom stereocenters. The first-order chi connectivity index (χ1) is 27.5. The molecule has 6 aromatic carbocycles. The summed E-state index contributed by atoms with van der Waals surface area (Å²) in [6.07, 6.45) is 3.67. The van der Waals surface area contributed by atoms with Gasteiger partial charge in [0.25, 0.3) is 0 Å². The number of rotatable bonds is 9. The molecule has 0 aliphatic carbocycles. The summed E-state index contributed by atoms with van der Waals surface area (Å²) in [5.41, 5.74) is 15.2. The first-order valence-corrected chi connectivity index (χ1v) is 18.5. The van der Waals surface area contributed by atoms with Gasteiger partial charge in [0.1, 0.15) is 0 Å². The quantitative estimate of drug-likeness (QED) is 0.146. The van der Waals surface area contributed by atoms with E-state index in [0.717, 1.165) is 68.1 Å². The maximum atomic E-state index is 9.67. The summed E-state index contributed by atoms with van der Waals surface area (Å²) < 4.78 is 0. The van der Waals surface area contributed by atoms with Crippen LogP contribution in [-0.4, -0.2) is 31.1 Å². The van der Waals surface area contributed by atoms with E-state index in [1.807, 2.05) is 106 Å². The van der Waals surface area contributed by atoms with Crippen molar-refractivity contribution in [2.75, 3.05) is 26.0 Å². The number of benzene rings is 6. The average molecular weight is 919 g/mol. The minimum atomic E-state index is 0. The van der Waals surface area contributed by atoms with Crippen LogP contribution in [0.3, 0.4) is 0 Å². The second-order valence-electron chi connectivity index (χ2n) is 13.4. The predicted molar refractivity (Wildman–Crippen MR) is 231 cm³/mol. The molecule has 5 nitrogen and oxygen atoms in total. The molecule has 0 bridgehead atoms. The molecule has 0 spiro atoms. The Hall–Kier alpha value is -6.44. The monoisotopic (exact) mass is 918 g/mol. The van der Waals surface area contributed by atoms with Gasteiger partial charge in [-0.3, -0.25) is 4.98 Å². The normalized spacial score (nSPS) is 10.4. The van der Waals surface area contributed by atoms with Crippen LogP contribution in [0.15, 0.2) is 176 Å². The fraction of sp³-hybridized carbons (Fsp3) is 0.0784. The van der Waals surface area contributed by atoms with Crippen molar-refractivity contribution in [3.8, 4) is 73.1 Å². The summed E-state index contributed by atoms with van der Waals surface area (Å²) in [7, 11) is 6.01. The van der Waals surface area contributed by atoms with E-state index in [2.05, 4.69) is 129 Å². The van der Waals surface area contributed by atoms with Gasteiger partial charge in [-0.15, -0.1) is 35.9 Å². The fourth-order valence-corrected chi connectivity index (χ4v) is 6.81. The van der Waals surface area contributed by atoms with Gasteiger partial charge in [0, 0.05) is 44.4 Å². The van der Waals surface area contributed by atoms with Crippen LogP contribution in [-0.2, 0) is 27.6 Å². The van der Waals surface area contributed by atoms with E-state index < -0.39 is 0 Å². The molecule has 0 saturated carbocycles. The van der Waals surface area contributed by atoms with Gasteiger partial charge in [-0.05, 0) is 47.6 Å². The van der Waals surface area contributed by atoms with E-state index in [0.29, 0.717) is 5.56 Å². The predicted octanol–water partition coefficient (Wildman–Crippen LogP) is 11.4. The van der Waals surface area contributed by atoms with Gasteiger partial charge in [0.15, 0.2) is 0 Å². The fourth-order valence-electron chi connectivity index (χ4n) is 6.81. The van der Waals surface area contributed by atoms with Crippen LogP contribution in [0.2, 0.25) is 0 Å². The van der Waals surface area contributed by atoms with Gasteiger partial charge in [-0.25, -0.2) is 5.26 Å². The van der Waals surface area contributed by atoms with Crippen LogP contribution in [0.1, 0.15) is 11.1 Å². The Kier molecular flexibility index (Phi) is 13.7. The Labute approximate surface area is 350 Å². The van der Waals surface area contributed by atoms with Gasteiger partial charge in [0.2, 0.25) is 0 Å². The van der Waals surface area contributed by atoms with E-state index in [4.69, 9.17) is 0 Å². The van der Waals surface area contributed by atoms with E-state index in [1.165, 1.54) is 16.7 Å². The number of anilines is 1. The number of nitrogens with one attached hydrogen (secondary N) is 1. The summed E-state index contributed by atoms with van der Waals surface area (Å²) >= 11 is 0. The molecule has 2 heterocycles. The Morgan fingerprint density at radius 2 is 1.11 bits per heavy atom. The van der Waals surface area contributed by atoms with Crippen molar-refractivity contribution >= 4 is 5.69 Å². The third-order valence-electron chi connectivity index (χ3n) is 9.46. The van der Waals surface area contributed by atoms with Crippen LogP contribution < -0.4 is 10.2 Å². The van der Waals surface area contributed by atoms with Gasteiger partial charge < -0.3 is 15.2 Å². The van der Waals surface area contributed by atoms with Crippen molar-refractivity contribution in [2.45, 2.75) is 6.54 Å². The third-order valence-corrected chi connectivity index (χ3v) is 9.46. The standard InChI is InChI=1S/C26H20N3.C25H21N2.Pt/c1-28-18-19-12-13-29-25(16-19)24-15-20(17-27)14-23(21-8-4-2-5-9-21)26(24)22-10-6-3-7-11-22;1-27(2)21-16-17-26-24(18-21)23-15-9-14-22(19-10-5-3-6-11-19)25(23)20-12-7-4-8-13-20;/h2-14,16,28H,18H2,1H3;3-14,16-18H,1-2H3;/q2*-1;+2. The summed E-state index contributed by atoms with van der Waals surface area (Å²) in [5.74, 6) is 0. The zero-order chi connectivity index (χ0) is 38.7. The van der Waals surface area contributed by atoms with Crippen molar-refractivity contribution in [3.63, 3.8) is 0 Å². The summed E-state index contributed by atoms with van der Waals surface area (Å²) in [5, 5.41) is 12.8. The van der Waals surface area contributed by atoms with E-state index in [9.17, 15) is 5.26 Å². The molecule has 2 aromatic heterocycles. The molecule has 6 heteroatoms. The maximum absolute atomic E-state index is 9.67. The molecule has 0 saturated heterocycles. The largest absolute Gasteiger partial charge is 2.00 e. The third kappa shape index (κ3) is 9.51. The SMILES string of the molecule is CN(C)c1ccnc(-c2[c-]ccc(-c3ccccc3)c2-c2ccccc2)c1.CNCc1ccnc(-c2[c-]c(C#N)cc(-c3ccccc3)c2-c2ccccc2)c1.[Pt+2]. The number of nitriles is 1. The van der Waals surface area contributed by atoms with Crippen molar-refractivity contribution in [1.82, 2.24) is 15.3 Å². The van der Waals surface area contributed by atoms with Crippen LogP contribution >= 0.6 is 0 Å². The zero-order valence-electron chi connectivity index (χ0n) is 32.1. The second kappa shape index (κ2) is 19.4. The molecule has 0 aliphatic rings. The minimum Gasteiger partial charge on any atom is -0.378 e. The number of nitrogens with zero attached hydrogens (tertiary/aromatic N) is 4. The molecular formula is C51H41N5Pt. The molecule has 0 atom stereocenters. The van der Waals surface area contributed by atoms with E-state index in [1.54, 1.807) is 0 Å². The molecule has 1 N–H and O–H groups in total. The first kappa shape index (κ1) is 40.2. The van der Waals surface area contributed by atoms with Crippen molar-refractivity contribution < 1.29 is 21.1 Å². The van der Waals surface area contributed by atoms with E-state index in [-0.39, 0.29) is 21.1 Å². The molecule has 0 amide bonds. The zero-order valence-corrected chi connectivity index (χ0v) is 34.3. The summed E-state index contributed by atoms with van der Waals surface area (Å²) in [6, 6.07) is 64.6. The Balaban J connectivity index is 0.000000190. The molecular weight excluding hydrogens is 878 g/mol. The molecule has 8 aromatic rings. The van der Waals surface area contributed by atoms with Gasteiger partial charge >= 0.3 is 21.1 Å². The molecule has 8 rings (SSSR count). The smallest absolute Gasteiger partial charge is 0.378 e. The first-order valence-electron chi connectivity index (χ1n) is 18.5. The van der Waals surface area contributed by atoms with Crippen LogP contribution in [0.25, 0.3) is 67.0 Å². The summed E-state index contributed by atoms with van der Waals surface area (Å²) in [4.78, 5) is 11.4. The van der Waals surface area contributed by atoms with Crippen LogP contribution in [0.4, 0.5) is 5.69 Å². The van der Waals surface area contributed by atoms with Gasteiger partial charge in [-0.2, -0.15) is 0 Å². The van der Waals surface area contributed by atoms with Crippen LogP contribution in [0, 0.1) is 23.5 Å². The molecule has 0 aliphatic heterocycles. The Morgan fingerprint density at radius 1 is 0.596 bits per heavy atom. The maximum Gasteiger partial charge on any atom is 2.00 e. The number of hydrogen-bond acceptors (Lipinski definition) is 5. The van der Waals surface area contributed by atoms with Crippen molar-refractivity contribution in [2.24, 2.45) is 0 Å². The minimum absolute atomic E-state index is 0. The Bertz CT molecular complexity index is 2570. The molecule has 0 fully saturated rings. The second-order valence-corrected chi connectivity index (χ2v) is 13.4. The van der Waals surface area contributed by atoms with Gasteiger partial charge in [0.05, 0.1) is 0 Å². The number of hydrogen-bond donors (Lipinski definition) is 1.